The number of amides is 1. The predicted molar refractivity (Wildman–Crippen MR) is 115 cm³/mol. The van der Waals surface area contributed by atoms with Gasteiger partial charge in [0.25, 0.3) is 0 Å². The van der Waals surface area contributed by atoms with E-state index in [1.165, 1.54) is 4.31 Å². The van der Waals surface area contributed by atoms with E-state index in [9.17, 15) is 13.2 Å². The van der Waals surface area contributed by atoms with E-state index >= 15 is 0 Å². The van der Waals surface area contributed by atoms with Crippen LogP contribution in [0.1, 0.15) is 37.8 Å². The van der Waals surface area contributed by atoms with Crippen LogP contribution in [0.3, 0.4) is 0 Å². The van der Waals surface area contributed by atoms with E-state index in [4.69, 9.17) is 14.2 Å². The Kier molecular flexibility index (Phi) is 11.3. The maximum atomic E-state index is 12.9. The zero-order chi connectivity index (χ0) is 21.7. The predicted octanol–water partition coefficient (Wildman–Crippen LogP) is 1.73. The lowest BCUT2D eigenvalue weighted by molar-refractivity contribution is -0.121. The van der Waals surface area contributed by atoms with Crippen molar-refractivity contribution in [1.82, 2.24) is 9.62 Å². The summed E-state index contributed by atoms with van der Waals surface area (Å²) in [5.41, 5.74) is 0.814. The van der Waals surface area contributed by atoms with Gasteiger partial charge in [0.2, 0.25) is 15.9 Å². The van der Waals surface area contributed by atoms with Gasteiger partial charge in [-0.2, -0.15) is 4.31 Å². The van der Waals surface area contributed by atoms with Crippen LogP contribution < -0.4 is 5.32 Å². The van der Waals surface area contributed by atoms with E-state index in [0.717, 1.165) is 25.0 Å². The van der Waals surface area contributed by atoms with Gasteiger partial charge in [-0.3, -0.25) is 4.79 Å². The van der Waals surface area contributed by atoms with Gasteiger partial charge in [0.15, 0.2) is 0 Å². The minimum absolute atomic E-state index is 0.0814. The summed E-state index contributed by atoms with van der Waals surface area (Å²) in [5, 5.41) is 2.76. The van der Waals surface area contributed by atoms with E-state index in [-0.39, 0.29) is 31.2 Å². The summed E-state index contributed by atoms with van der Waals surface area (Å²) in [7, 11) is -3.58. The van der Waals surface area contributed by atoms with Crippen LogP contribution in [0.5, 0.6) is 0 Å². The van der Waals surface area contributed by atoms with Crippen molar-refractivity contribution in [2.75, 3.05) is 58.5 Å². The molecule has 1 aliphatic rings. The fourth-order valence-corrected chi connectivity index (χ4v) is 4.69. The SMILES string of the molecule is CCCCOCCOCCOCCS(=O)(=O)N1CCNC(=O)C[C@H]1c1ccccc1. The number of nitrogens with zero attached hydrogens (tertiary/aromatic N) is 1. The fraction of sp³-hybridized carbons (Fsp3) is 0.667. The van der Waals surface area contributed by atoms with E-state index < -0.39 is 16.1 Å². The third-order valence-corrected chi connectivity index (χ3v) is 6.63. The first kappa shape index (κ1) is 24.7. The van der Waals surface area contributed by atoms with Crippen molar-refractivity contribution in [1.29, 1.82) is 0 Å². The Hall–Kier alpha value is -1.52. The normalized spacial score (nSPS) is 18.2. The zero-order valence-electron chi connectivity index (χ0n) is 17.8. The van der Waals surface area contributed by atoms with E-state index in [1.54, 1.807) is 0 Å². The molecule has 1 aromatic rings. The van der Waals surface area contributed by atoms with Crippen LogP contribution in [0.4, 0.5) is 0 Å². The Morgan fingerprint density at radius 2 is 1.63 bits per heavy atom. The highest BCUT2D eigenvalue weighted by molar-refractivity contribution is 7.89. The van der Waals surface area contributed by atoms with Gasteiger partial charge >= 0.3 is 0 Å². The molecule has 9 heteroatoms. The molecular formula is C21H34N2O6S. The lowest BCUT2D eigenvalue weighted by Gasteiger charge is -2.28. The largest absolute Gasteiger partial charge is 0.379 e. The first-order valence-electron chi connectivity index (χ1n) is 10.6. The molecule has 0 aromatic heterocycles. The van der Waals surface area contributed by atoms with Gasteiger partial charge in [-0.15, -0.1) is 0 Å². The summed E-state index contributed by atoms with van der Waals surface area (Å²) < 4.78 is 43.6. The second kappa shape index (κ2) is 13.7. The molecule has 0 aliphatic carbocycles. The molecule has 0 radical (unpaired) electrons. The Morgan fingerprint density at radius 1 is 1.00 bits per heavy atom. The second-order valence-electron chi connectivity index (χ2n) is 7.10. The van der Waals surface area contributed by atoms with Crippen LogP contribution in [0, 0.1) is 0 Å². The minimum atomic E-state index is -3.58. The molecule has 1 saturated heterocycles. The van der Waals surface area contributed by atoms with Crippen molar-refractivity contribution in [3.8, 4) is 0 Å². The summed E-state index contributed by atoms with van der Waals surface area (Å²) in [5.74, 6) is -0.279. The van der Waals surface area contributed by atoms with Crippen LogP contribution in [-0.4, -0.2) is 77.1 Å². The van der Waals surface area contributed by atoms with E-state index in [2.05, 4.69) is 12.2 Å². The molecule has 0 spiro atoms. The maximum Gasteiger partial charge on any atom is 0.222 e. The van der Waals surface area contributed by atoms with Gasteiger partial charge in [-0.25, -0.2) is 8.42 Å². The number of unbranched alkanes of at least 4 members (excludes halogenated alkanes) is 1. The third-order valence-electron chi connectivity index (χ3n) is 4.79. The minimum Gasteiger partial charge on any atom is -0.379 e. The van der Waals surface area contributed by atoms with Crippen molar-refractivity contribution in [3.63, 3.8) is 0 Å². The number of nitrogens with one attached hydrogen (secondary N) is 1. The first-order valence-corrected chi connectivity index (χ1v) is 12.2. The van der Waals surface area contributed by atoms with Crippen molar-refractivity contribution in [3.05, 3.63) is 35.9 Å². The highest BCUT2D eigenvalue weighted by atomic mass is 32.2. The molecular weight excluding hydrogens is 408 g/mol. The third kappa shape index (κ3) is 8.69. The summed E-state index contributed by atoms with van der Waals surface area (Å²) >= 11 is 0. The quantitative estimate of drug-likeness (QED) is 0.441. The molecule has 1 fully saturated rings. The first-order chi connectivity index (χ1) is 14.5. The smallest absolute Gasteiger partial charge is 0.222 e. The average molecular weight is 443 g/mol. The number of hydrogen-bond donors (Lipinski definition) is 1. The molecule has 170 valence electrons. The number of hydrogen-bond acceptors (Lipinski definition) is 6. The number of rotatable bonds is 14. The van der Waals surface area contributed by atoms with Crippen molar-refractivity contribution >= 4 is 15.9 Å². The molecule has 0 unspecified atom stereocenters. The van der Waals surface area contributed by atoms with Gasteiger partial charge in [0, 0.05) is 26.1 Å². The zero-order valence-corrected chi connectivity index (χ0v) is 18.6. The number of sulfonamides is 1. The van der Waals surface area contributed by atoms with E-state index in [1.807, 2.05) is 30.3 Å². The highest BCUT2D eigenvalue weighted by Gasteiger charge is 2.34. The van der Waals surface area contributed by atoms with Crippen LogP contribution in [0.15, 0.2) is 30.3 Å². The Morgan fingerprint density at radius 3 is 2.30 bits per heavy atom. The van der Waals surface area contributed by atoms with Crippen LogP contribution in [-0.2, 0) is 29.0 Å². The molecule has 1 aromatic carbocycles. The lowest BCUT2D eigenvalue weighted by Crippen LogP contribution is -2.39. The maximum absolute atomic E-state index is 12.9. The van der Waals surface area contributed by atoms with Gasteiger partial charge in [-0.05, 0) is 12.0 Å². The van der Waals surface area contributed by atoms with Crippen LogP contribution in [0.25, 0.3) is 0 Å². The van der Waals surface area contributed by atoms with E-state index in [0.29, 0.717) is 33.0 Å². The Balaban J connectivity index is 1.75. The Bertz CT molecular complexity index is 713. The molecule has 8 nitrogen and oxygen atoms in total. The lowest BCUT2D eigenvalue weighted by atomic mass is 10.0. The van der Waals surface area contributed by atoms with Crippen molar-refractivity contribution < 1.29 is 27.4 Å². The molecule has 30 heavy (non-hydrogen) atoms. The number of ether oxygens (including phenoxy) is 3. The summed E-state index contributed by atoms with van der Waals surface area (Å²) in [6, 6.07) is 8.76. The van der Waals surface area contributed by atoms with Crippen molar-refractivity contribution in [2.24, 2.45) is 0 Å². The second-order valence-corrected chi connectivity index (χ2v) is 9.14. The molecule has 1 heterocycles. The number of carbonyl (C=O) groups is 1. The summed E-state index contributed by atoms with van der Waals surface area (Å²) in [4.78, 5) is 12.0. The van der Waals surface area contributed by atoms with Gasteiger partial charge in [-0.1, -0.05) is 43.7 Å². The molecule has 0 saturated carbocycles. The molecule has 1 atom stereocenters. The van der Waals surface area contributed by atoms with Crippen molar-refractivity contribution in [2.45, 2.75) is 32.2 Å². The monoisotopic (exact) mass is 442 g/mol. The summed E-state index contributed by atoms with van der Waals surface area (Å²) in [6.07, 6.45) is 2.26. The van der Waals surface area contributed by atoms with Crippen LogP contribution >= 0.6 is 0 Å². The average Bonchev–Trinajstić information content (AvgIpc) is 2.94. The van der Waals surface area contributed by atoms with Crippen LogP contribution in [0.2, 0.25) is 0 Å². The topological polar surface area (TPSA) is 94.2 Å². The molecule has 1 amide bonds. The van der Waals surface area contributed by atoms with Gasteiger partial charge in [0.05, 0.1) is 44.8 Å². The standard InChI is InChI=1S/C21H34N2O6S/c1-2-3-11-27-12-13-28-14-15-29-16-17-30(25,26)23-10-9-22-21(24)18-20(23)19-7-5-4-6-8-19/h4-8,20H,2-3,9-18H2,1H3,(H,22,24)/t20-/m0/s1. The molecule has 2 rings (SSSR count). The fourth-order valence-electron chi connectivity index (χ4n) is 3.17. The molecule has 0 bridgehead atoms. The summed E-state index contributed by atoms with van der Waals surface area (Å²) in [6.45, 7) is 5.26. The Labute approximate surface area is 179 Å². The van der Waals surface area contributed by atoms with Gasteiger partial charge < -0.3 is 19.5 Å². The molecule has 1 N–H and O–H groups in total. The highest BCUT2D eigenvalue weighted by Crippen LogP contribution is 2.28. The van der Waals surface area contributed by atoms with Gasteiger partial charge in [0.1, 0.15) is 0 Å². The number of benzene rings is 1. The number of carbonyl (C=O) groups excluding carboxylic acids is 1. The molecule has 1 aliphatic heterocycles.